The number of carbonyl (C=O) groups is 2. The number of alkyl halides is 3. The molecule has 0 aliphatic heterocycles. The molecule has 0 spiro atoms. The summed E-state index contributed by atoms with van der Waals surface area (Å²) in [6.45, 7) is 4.38. The van der Waals surface area contributed by atoms with Gasteiger partial charge in [0.05, 0.1) is 12.5 Å². The van der Waals surface area contributed by atoms with E-state index in [4.69, 9.17) is 9.84 Å². The lowest BCUT2D eigenvalue weighted by Crippen LogP contribution is -2.32. The highest BCUT2D eigenvalue weighted by molar-refractivity contribution is 5.94. The van der Waals surface area contributed by atoms with Crippen molar-refractivity contribution < 1.29 is 37.0 Å². The van der Waals surface area contributed by atoms with Crippen molar-refractivity contribution in [3.63, 3.8) is 0 Å². The monoisotopic (exact) mass is 506 g/mol. The molecule has 0 aliphatic carbocycles. The second kappa shape index (κ2) is 11.6. The van der Waals surface area contributed by atoms with E-state index in [1.165, 1.54) is 12.1 Å². The molecule has 36 heavy (non-hydrogen) atoms. The summed E-state index contributed by atoms with van der Waals surface area (Å²) in [4.78, 5) is 22.6. The number of benzene rings is 2. The van der Waals surface area contributed by atoms with Gasteiger partial charge in [0.2, 0.25) is 5.89 Å². The van der Waals surface area contributed by atoms with Crippen LogP contribution in [-0.2, 0) is 11.0 Å². The third kappa shape index (κ3) is 7.45. The minimum atomic E-state index is -4.71. The molecule has 12 heteroatoms. The molecule has 0 bridgehead atoms. The van der Waals surface area contributed by atoms with Crippen molar-refractivity contribution >= 4 is 17.6 Å². The van der Waals surface area contributed by atoms with Crippen LogP contribution in [-0.4, -0.2) is 46.4 Å². The average molecular weight is 506 g/mol. The number of aromatic nitrogens is 2. The van der Waals surface area contributed by atoms with E-state index >= 15 is 0 Å². The van der Waals surface area contributed by atoms with Crippen LogP contribution in [0.5, 0.6) is 5.75 Å². The SMILES string of the molecule is CC(C)[C@@H](COc1ccc(-c2nnc(C(F)(F)F)o2)cc1)Nc1ccc(C(=O)NCCC(=O)O)cc1. The number of nitrogens with one attached hydrogen (secondary N) is 2. The van der Waals surface area contributed by atoms with E-state index in [2.05, 4.69) is 25.2 Å². The van der Waals surface area contributed by atoms with Crippen LogP contribution in [0, 0.1) is 5.92 Å². The second-order valence-corrected chi connectivity index (χ2v) is 8.22. The zero-order chi connectivity index (χ0) is 26.3. The number of anilines is 1. The molecule has 0 unspecified atom stereocenters. The molecular weight excluding hydrogens is 481 g/mol. The second-order valence-electron chi connectivity index (χ2n) is 8.22. The maximum Gasteiger partial charge on any atom is 0.470 e. The summed E-state index contributed by atoms with van der Waals surface area (Å²) in [5.41, 5.74) is 1.51. The lowest BCUT2D eigenvalue weighted by Gasteiger charge is -2.24. The first-order valence-electron chi connectivity index (χ1n) is 11.0. The number of rotatable bonds is 11. The van der Waals surface area contributed by atoms with Gasteiger partial charge in [0.25, 0.3) is 5.91 Å². The molecule has 9 nitrogen and oxygen atoms in total. The highest BCUT2D eigenvalue weighted by Crippen LogP contribution is 2.30. The Balaban J connectivity index is 1.55. The molecule has 1 heterocycles. The molecule has 2 aromatic carbocycles. The number of carbonyl (C=O) groups excluding carboxylic acids is 1. The van der Waals surface area contributed by atoms with Crippen LogP contribution >= 0.6 is 0 Å². The highest BCUT2D eigenvalue weighted by Gasteiger charge is 2.38. The number of ether oxygens (including phenoxy) is 1. The van der Waals surface area contributed by atoms with Crippen LogP contribution in [0.25, 0.3) is 11.5 Å². The Hall–Kier alpha value is -4.09. The summed E-state index contributed by atoms with van der Waals surface area (Å²) in [7, 11) is 0. The van der Waals surface area contributed by atoms with E-state index in [1.807, 2.05) is 13.8 Å². The minimum Gasteiger partial charge on any atom is -0.491 e. The van der Waals surface area contributed by atoms with Crippen LogP contribution in [0.2, 0.25) is 0 Å². The molecule has 0 fully saturated rings. The quantitative estimate of drug-likeness (QED) is 0.348. The molecule has 192 valence electrons. The maximum atomic E-state index is 12.6. The van der Waals surface area contributed by atoms with E-state index in [0.29, 0.717) is 23.5 Å². The Morgan fingerprint density at radius 1 is 1.06 bits per heavy atom. The Morgan fingerprint density at radius 3 is 2.28 bits per heavy atom. The van der Waals surface area contributed by atoms with Crippen LogP contribution in [0.15, 0.2) is 52.9 Å². The molecule has 3 aromatic rings. The van der Waals surface area contributed by atoms with E-state index in [9.17, 15) is 22.8 Å². The zero-order valence-corrected chi connectivity index (χ0v) is 19.5. The van der Waals surface area contributed by atoms with Gasteiger partial charge in [-0.15, -0.1) is 10.2 Å². The minimum absolute atomic E-state index is 0.0470. The summed E-state index contributed by atoms with van der Waals surface area (Å²) in [5.74, 6) is -2.30. The van der Waals surface area contributed by atoms with Crippen LogP contribution in [0.3, 0.4) is 0 Å². The van der Waals surface area contributed by atoms with Gasteiger partial charge in [0.1, 0.15) is 12.4 Å². The Morgan fingerprint density at radius 2 is 1.72 bits per heavy atom. The lowest BCUT2D eigenvalue weighted by molar-refractivity contribution is -0.157. The topological polar surface area (TPSA) is 127 Å². The van der Waals surface area contributed by atoms with Gasteiger partial charge >= 0.3 is 18.0 Å². The zero-order valence-electron chi connectivity index (χ0n) is 19.5. The molecule has 0 radical (unpaired) electrons. The van der Waals surface area contributed by atoms with E-state index in [0.717, 1.165) is 5.69 Å². The van der Waals surface area contributed by atoms with Crippen LogP contribution in [0.1, 0.15) is 36.5 Å². The first-order chi connectivity index (χ1) is 17.0. The number of nitrogens with zero attached hydrogens (tertiary/aromatic N) is 2. The fourth-order valence-electron chi connectivity index (χ4n) is 3.05. The van der Waals surface area contributed by atoms with E-state index < -0.39 is 18.0 Å². The number of amides is 1. The van der Waals surface area contributed by atoms with Crippen LogP contribution in [0.4, 0.5) is 18.9 Å². The van der Waals surface area contributed by atoms with Gasteiger partial charge < -0.3 is 24.9 Å². The molecule has 1 amide bonds. The molecule has 1 atom stereocenters. The van der Waals surface area contributed by atoms with Gasteiger partial charge in [-0.2, -0.15) is 13.2 Å². The van der Waals surface area contributed by atoms with Crippen LogP contribution < -0.4 is 15.4 Å². The molecule has 0 saturated carbocycles. The summed E-state index contributed by atoms with van der Waals surface area (Å²) >= 11 is 0. The normalized spacial score (nSPS) is 12.3. The van der Waals surface area contributed by atoms with Crippen molar-refractivity contribution in [2.24, 2.45) is 5.92 Å². The third-order valence-electron chi connectivity index (χ3n) is 5.13. The van der Waals surface area contributed by atoms with Crippen molar-refractivity contribution in [2.75, 3.05) is 18.5 Å². The Bertz CT molecular complexity index is 1160. The molecule has 3 rings (SSSR count). The number of carboxylic acid groups (broad SMARTS) is 1. The number of carboxylic acids is 1. The highest BCUT2D eigenvalue weighted by atomic mass is 19.4. The van der Waals surface area contributed by atoms with Gasteiger partial charge in [-0.3, -0.25) is 9.59 Å². The van der Waals surface area contributed by atoms with E-state index in [-0.39, 0.29) is 36.7 Å². The van der Waals surface area contributed by atoms with Crippen molar-refractivity contribution in [3.05, 3.63) is 60.0 Å². The summed E-state index contributed by atoms with van der Waals surface area (Å²) in [6.07, 6.45) is -4.86. The summed E-state index contributed by atoms with van der Waals surface area (Å²) < 4.78 is 48.5. The molecule has 1 aromatic heterocycles. The smallest absolute Gasteiger partial charge is 0.470 e. The summed E-state index contributed by atoms with van der Waals surface area (Å²) in [5, 5.41) is 21.0. The molecular formula is C24H25F3N4O5. The first kappa shape index (κ1) is 26.5. The predicted molar refractivity (Wildman–Crippen MR) is 124 cm³/mol. The predicted octanol–water partition coefficient (Wildman–Crippen LogP) is 4.48. The van der Waals surface area contributed by atoms with Gasteiger partial charge in [-0.1, -0.05) is 13.8 Å². The molecule has 0 saturated heterocycles. The van der Waals surface area contributed by atoms with Crippen molar-refractivity contribution in [2.45, 2.75) is 32.5 Å². The van der Waals surface area contributed by atoms with Gasteiger partial charge in [0.15, 0.2) is 0 Å². The lowest BCUT2D eigenvalue weighted by atomic mass is 10.0. The Kier molecular flexibility index (Phi) is 8.51. The molecule has 3 N–H and O–H groups in total. The van der Waals surface area contributed by atoms with Crippen molar-refractivity contribution in [1.82, 2.24) is 15.5 Å². The number of hydrogen-bond donors (Lipinski definition) is 3. The standard InChI is InChI=1S/C24H25F3N4O5/c1-14(2)19(29-17-7-3-15(4-8-17)21(34)28-12-11-20(32)33)13-35-18-9-5-16(6-10-18)22-30-31-23(36-22)24(25,26)27/h3-10,14,19,29H,11-13H2,1-2H3,(H,28,34)(H,32,33)/t19-/m1/s1. The Labute approximate surface area is 204 Å². The fourth-order valence-corrected chi connectivity index (χ4v) is 3.05. The van der Waals surface area contributed by atoms with Gasteiger partial charge in [-0.25, -0.2) is 0 Å². The third-order valence-corrected chi connectivity index (χ3v) is 5.13. The van der Waals surface area contributed by atoms with Gasteiger partial charge in [-0.05, 0) is 54.4 Å². The average Bonchev–Trinajstić information content (AvgIpc) is 3.33. The summed E-state index contributed by atoms with van der Waals surface area (Å²) in [6, 6.07) is 12.9. The maximum absolute atomic E-state index is 12.6. The van der Waals surface area contributed by atoms with Crippen molar-refractivity contribution in [1.29, 1.82) is 0 Å². The number of aliphatic carboxylic acids is 1. The first-order valence-corrected chi connectivity index (χ1v) is 11.0. The van der Waals surface area contributed by atoms with Crippen molar-refractivity contribution in [3.8, 4) is 17.2 Å². The number of halogens is 3. The molecule has 0 aliphatic rings. The van der Waals surface area contributed by atoms with Gasteiger partial charge in [0, 0.05) is 23.4 Å². The van der Waals surface area contributed by atoms with E-state index in [1.54, 1.807) is 36.4 Å². The fraction of sp³-hybridized carbons (Fsp3) is 0.333. The number of hydrogen-bond acceptors (Lipinski definition) is 7. The largest absolute Gasteiger partial charge is 0.491 e.